The van der Waals surface area contributed by atoms with E-state index in [4.69, 9.17) is 9.26 Å². The zero-order valence-electron chi connectivity index (χ0n) is 11.1. The van der Waals surface area contributed by atoms with Crippen LogP contribution in [0.1, 0.15) is 10.6 Å². The molecule has 1 amide bonds. The molecule has 3 aromatic rings. The van der Waals surface area contributed by atoms with Gasteiger partial charge in [-0.05, 0) is 18.4 Å². The van der Waals surface area contributed by atoms with E-state index in [1.54, 1.807) is 25.3 Å². The molecule has 1 aromatic carbocycles. The van der Waals surface area contributed by atoms with Gasteiger partial charge in [-0.1, -0.05) is 28.3 Å². The van der Waals surface area contributed by atoms with Crippen LogP contribution in [0.3, 0.4) is 0 Å². The summed E-state index contributed by atoms with van der Waals surface area (Å²) in [6.07, 6.45) is 1.89. The van der Waals surface area contributed by atoms with Gasteiger partial charge in [-0.25, -0.2) is 0 Å². The van der Waals surface area contributed by atoms with Gasteiger partial charge in [0, 0.05) is 6.07 Å². The van der Waals surface area contributed by atoms with Gasteiger partial charge in [0.2, 0.25) is 10.9 Å². The van der Waals surface area contributed by atoms with Crippen LogP contribution in [-0.4, -0.2) is 34.6 Å². The lowest BCUT2D eigenvalue weighted by atomic mass is 10.2. The molecule has 1 N–H and O–H groups in total. The molecule has 0 aliphatic rings. The Labute approximate surface area is 127 Å². The monoisotopic (exact) mass is 322 g/mol. The van der Waals surface area contributed by atoms with Crippen LogP contribution in [0.4, 0.5) is 5.13 Å². The molecule has 21 heavy (non-hydrogen) atoms. The Hall–Kier alpha value is -2.13. The third kappa shape index (κ3) is 2.69. The van der Waals surface area contributed by atoms with Gasteiger partial charge in [0.1, 0.15) is 11.3 Å². The summed E-state index contributed by atoms with van der Waals surface area (Å²) >= 11 is 2.76. The number of amides is 1. The SMILES string of the molecule is COc1ccc2c(C(=O)Nc3nnc(SC)s3)onc2c1. The van der Waals surface area contributed by atoms with Crippen molar-refractivity contribution in [2.75, 3.05) is 18.7 Å². The van der Waals surface area contributed by atoms with Crippen molar-refractivity contribution in [3.8, 4) is 5.75 Å². The highest BCUT2D eigenvalue weighted by Crippen LogP contribution is 2.26. The van der Waals surface area contributed by atoms with E-state index in [-0.39, 0.29) is 5.76 Å². The molecule has 0 saturated heterocycles. The number of carbonyl (C=O) groups is 1. The number of fused-ring (bicyclic) bond motifs is 1. The smallest absolute Gasteiger partial charge is 0.296 e. The van der Waals surface area contributed by atoms with E-state index >= 15 is 0 Å². The molecule has 2 aromatic heterocycles. The Morgan fingerprint density at radius 3 is 3.00 bits per heavy atom. The van der Waals surface area contributed by atoms with E-state index < -0.39 is 5.91 Å². The van der Waals surface area contributed by atoms with Gasteiger partial charge >= 0.3 is 0 Å². The Morgan fingerprint density at radius 2 is 2.29 bits per heavy atom. The van der Waals surface area contributed by atoms with E-state index in [0.717, 1.165) is 4.34 Å². The number of methoxy groups -OCH3 is 1. The Morgan fingerprint density at radius 1 is 1.43 bits per heavy atom. The Balaban J connectivity index is 1.87. The standard InChI is InChI=1S/C12H10N4O3S2/c1-18-6-3-4-7-8(5-6)16-19-9(7)10(17)13-11-14-15-12(20-2)21-11/h3-5H,1-2H3,(H,13,14,17). The van der Waals surface area contributed by atoms with Gasteiger partial charge in [0.25, 0.3) is 5.91 Å². The van der Waals surface area contributed by atoms with E-state index in [1.165, 1.54) is 23.1 Å². The molecule has 7 nitrogen and oxygen atoms in total. The van der Waals surface area contributed by atoms with E-state index in [0.29, 0.717) is 21.8 Å². The van der Waals surface area contributed by atoms with Crippen LogP contribution in [0.25, 0.3) is 10.9 Å². The first-order valence-corrected chi connectivity index (χ1v) is 7.87. The molecule has 0 unspecified atom stereocenters. The fraction of sp³-hybridized carbons (Fsp3) is 0.167. The van der Waals surface area contributed by atoms with Crippen LogP contribution in [0, 0.1) is 0 Å². The molecule has 0 aliphatic heterocycles. The quantitative estimate of drug-likeness (QED) is 0.583. The normalized spacial score (nSPS) is 10.8. The maximum Gasteiger partial charge on any atom is 0.296 e. The highest BCUT2D eigenvalue weighted by Gasteiger charge is 2.18. The second-order valence-electron chi connectivity index (χ2n) is 3.93. The summed E-state index contributed by atoms with van der Waals surface area (Å²) in [5.74, 6) is 0.372. The lowest BCUT2D eigenvalue weighted by Gasteiger charge is -1.98. The van der Waals surface area contributed by atoms with Crippen LogP contribution in [0.5, 0.6) is 5.75 Å². The van der Waals surface area contributed by atoms with Crippen molar-refractivity contribution in [3.63, 3.8) is 0 Å². The molecule has 9 heteroatoms. The number of ether oxygens (including phenoxy) is 1. The minimum absolute atomic E-state index is 0.133. The maximum absolute atomic E-state index is 12.2. The van der Waals surface area contributed by atoms with E-state index in [9.17, 15) is 4.79 Å². The van der Waals surface area contributed by atoms with Crippen LogP contribution < -0.4 is 10.1 Å². The van der Waals surface area contributed by atoms with E-state index in [1.807, 2.05) is 6.26 Å². The highest BCUT2D eigenvalue weighted by molar-refractivity contribution is 8.00. The minimum Gasteiger partial charge on any atom is -0.497 e. The Kier molecular flexibility index (Phi) is 3.76. The van der Waals surface area contributed by atoms with Crippen molar-refractivity contribution in [1.29, 1.82) is 0 Å². The number of hydrogen-bond donors (Lipinski definition) is 1. The van der Waals surface area contributed by atoms with E-state index in [2.05, 4.69) is 20.7 Å². The van der Waals surface area contributed by atoms with Crippen LogP contribution in [-0.2, 0) is 0 Å². The first-order valence-electron chi connectivity index (χ1n) is 5.83. The summed E-state index contributed by atoms with van der Waals surface area (Å²) in [6, 6.07) is 5.17. The number of rotatable bonds is 4. The van der Waals surface area contributed by atoms with Crippen molar-refractivity contribution < 1.29 is 14.1 Å². The van der Waals surface area contributed by atoms with Gasteiger partial charge in [-0.15, -0.1) is 10.2 Å². The van der Waals surface area contributed by atoms with Gasteiger partial charge < -0.3 is 9.26 Å². The van der Waals surface area contributed by atoms with Crippen LogP contribution >= 0.6 is 23.1 Å². The number of aromatic nitrogens is 3. The summed E-state index contributed by atoms with van der Waals surface area (Å²) in [7, 11) is 1.56. The van der Waals surface area contributed by atoms with Crippen molar-refractivity contribution >= 4 is 45.0 Å². The number of thioether (sulfide) groups is 1. The van der Waals surface area contributed by atoms with Crippen molar-refractivity contribution in [2.24, 2.45) is 0 Å². The average Bonchev–Trinajstić information content (AvgIpc) is 3.12. The lowest BCUT2D eigenvalue weighted by Crippen LogP contribution is -2.11. The zero-order chi connectivity index (χ0) is 14.8. The summed E-state index contributed by atoms with van der Waals surface area (Å²) in [5, 5.41) is 15.3. The molecule has 0 radical (unpaired) electrons. The fourth-order valence-corrected chi connectivity index (χ4v) is 2.88. The highest BCUT2D eigenvalue weighted by atomic mass is 32.2. The van der Waals surface area contributed by atoms with Gasteiger partial charge in [-0.3, -0.25) is 10.1 Å². The second-order valence-corrected chi connectivity index (χ2v) is 5.96. The number of benzene rings is 1. The molecule has 108 valence electrons. The van der Waals surface area contributed by atoms with Crippen molar-refractivity contribution in [2.45, 2.75) is 4.34 Å². The molecule has 0 spiro atoms. The van der Waals surface area contributed by atoms with Crippen molar-refractivity contribution in [3.05, 3.63) is 24.0 Å². The molecule has 0 saturated carbocycles. The minimum atomic E-state index is -0.411. The first kappa shape index (κ1) is 13.8. The fourth-order valence-electron chi connectivity index (χ4n) is 1.71. The third-order valence-corrected chi connectivity index (χ3v) is 4.51. The molecule has 2 heterocycles. The van der Waals surface area contributed by atoms with Crippen LogP contribution in [0.2, 0.25) is 0 Å². The summed E-state index contributed by atoms with van der Waals surface area (Å²) in [6.45, 7) is 0. The largest absolute Gasteiger partial charge is 0.497 e. The topological polar surface area (TPSA) is 90.1 Å². The molecule has 0 atom stereocenters. The molecule has 0 bridgehead atoms. The van der Waals surface area contributed by atoms with Gasteiger partial charge in [-0.2, -0.15) is 0 Å². The summed E-state index contributed by atoms with van der Waals surface area (Å²) < 4.78 is 11.0. The number of nitrogens with zero attached hydrogens (tertiary/aromatic N) is 3. The third-order valence-electron chi connectivity index (χ3n) is 2.69. The van der Waals surface area contributed by atoms with Crippen molar-refractivity contribution in [1.82, 2.24) is 15.4 Å². The average molecular weight is 322 g/mol. The molecular formula is C12H10N4O3S2. The first-order chi connectivity index (χ1) is 10.2. The number of nitrogens with one attached hydrogen (secondary N) is 1. The van der Waals surface area contributed by atoms with Gasteiger partial charge in [0.05, 0.1) is 12.5 Å². The Bertz CT molecular complexity index is 799. The summed E-state index contributed by atoms with van der Waals surface area (Å²) in [5.41, 5.74) is 0.557. The summed E-state index contributed by atoms with van der Waals surface area (Å²) in [4.78, 5) is 12.2. The van der Waals surface area contributed by atoms with Crippen LogP contribution in [0.15, 0.2) is 27.1 Å². The van der Waals surface area contributed by atoms with Gasteiger partial charge in [0.15, 0.2) is 4.34 Å². The molecule has 0 fully saturated rings. The molecule has 0 aliphatic carbocycles. The molecule has 3 rings (SSSR count). The number of hydrogen-bond acceptors (Lipinski definition) is 8. The maximum atomic E-state index is 12.2. The zero-order valence-corrected chi connectivity index (χ0v) is 12.7. The lowest BCUT2D eigenvalue weighted by molar-refractivity contribution is 0.0990. The predicted molar refractivity (Wildman–Crippen MR) is 80.2 cm³/mol. The number of carbonyl (C=O) groups excluding carboxylic acids is 1. The molecular weight excluding hydrogens is 312 g/mol. The number of anilines is 1. The predicted octanol–water partition coefficient (Wildman–Crippen LogP) is 2.66. The second kappa shape index (κ2) is 5.70.